The maximum absolute atomic E-state index is 9.00. The van der Waals surface area contributed by atoms with Crippen molar-refractivity contribution in [1.29, 1.82) is 0 Å². The molecule has 1 heterocycles. The van der Waals surface area contributed by atoms with Gasteiger partial charge >= 0.3 is 0 Å². The molecule has 17 heavy (non-hydrogen) atoms. The van der Waals surface area contributed by atoms with Gasteiger partial charge in [-0.2, -0.15) is 0 Å². The molecule has 3 nitrogen and oxygen atoms in total. The highest BCUT2D eigenvalue weighted by atomic mass is 79.9. The number of benzene rings is 1. The lowest BCUT2D eigenvalue weighted by Gasteiger charge is -2.08. The van der Waals surface area contributed by atoms with Crippen molar-refractivity contribution in [2.75, 3.05) is 6.61 Å². The van der Waals surface area contributed by atoms with Gasteiger partial charge in [-0.15, -0.1) is 0 Å². The van der Waals surface area contributed by atoms with E-state index in [4.69, 9.17) is 5.11 Å². The number of aliphatic hydroxyl groups is 1. The molecule has 2 rings (SSSR count). The third kappa shape index (κ3) is 2.28. The maximum atomic E-state index is 9.00. The highest BCUT2D eigenvalue weighted by molar-refractivity contribution is 9.10. The lowest BCUT2D eigenvalue weighted by molar-refractivity contribution is 0.295. The Morgan fingerprint density at radius 3 is 2.71 bits per heavy atom. The molecule has 1 N–H and O–H groups in total. The second-order valence-electron chi connectivity index (χ2n) is 4.01. The normalized spacial score (nSPS) is 10.8. The summed E-state index contributed by atoms with van der Waals surface area (Å²) in [6.07, 6.45) is 0.570. The Bertz CT molecular complexity index is 534. The molecule has 0 saturated carbocycles. The second-order valence-corrected chi connectivity index (χ2v) is 4.77. The van der Waals surface area contributed by atoms with Crippen LogP contribution in [-0.4, -0.2) is 21.3 Å². The fraction of sp³-hybridized carbons (Fsp3) is 0.308. The molecule has 0 spiro atoms. The van der Waals surface area contributed by atoms with E-state index < -0.39 is 0 Å². The summed E-state index contributed by atoms with van der Waals surface area (Å²) in [5, 5.41) is 9.00. The van der Waals surface area contributed by atoms with Crippen LogP contribution in [0.5, 0.6) is 0 Å². The summed E-state index contributed by atoms with van der Waals surface area (Å²) in [6.45, 7) is 2.20. The number of aromatic nitrogens is 2. The molecule has 4 heteroatoms. The zero-order valence-electron chi connectivity index (χ0n) is 9.94. The van der Waals surface area contributed by atoms with Gasteiger partial charge in [0.1, 0.15) is 10.4 Å². The van der Waals surface area contributed by atoms with Crippen molar-refractivity contribution >= 4 is 15.9 Å². The quantitative estimate of drug-likeness (QED) is 0.945. The lowest BCUT2D eigenvalue weighted by atomic mass is 10.1. The van der Waals surface area contributed by atoms with Crippen LogP contribution in [0.25, 0.3) is 11.3 Å². The van der Waals surface area contributed by atoms with E-state index in [1.54, 1.807) is 0 Å². The van der Waals surface area contributed by atoms with E-state index in [9.17, 15) is 0 Å². The fourth-order valence-corrected chi connectivity index (χ4v) is 2.65. The van der Waals surface area contributed by atoms with E-state index in [1.165, 1.54) is 11.1 Å². The van der Waals surface area contributed by atoms with E-state index in [1.807, 2.05) is 23.7 Å². The molecule has 1 aromatic heterocycles. The van der Waals surface area contributed by atoms with Gasteiger partial charge in [0.05, 0.1) is 12.3 Å². The number of aliphatic hydroxyl groups excluding tert-OH is 1. The number of hydrogen-bond acceptors (Lipinski definition) is 2. The number of imidazole rings is 1. The first kappa shape index (κ1) is 12.3. The number of nitrogens with zero attached hydrogens (tertiary/aromatic N) is 2. The molecule has 0 aliphatic rings. The van der Waals surface area contributed by atoms with Gasteiger partial charge in [0.15, 0.2) is 0 Å². The van der Waals surface area contributed by atoms with Gasteiger partial charge in [-0.25, -0.2) is 4.98 Å². The minimum atomic E-state index is 0.116. The van der Waals surface area contributed by atoms with Gasteiger partial charge < -0.3 is 9.67 Å². The lowest BCUT2D eigenvalue weighted by Crippen LogP contribution is -2.02. The van der Waals surface area contributed by atoms with Crippen molar-refractivity contribution < 1.29 is 5.11 Å². The molecular formula is C13H15BrN2O. The molecule has 0 saturated heterocycles. The first-order chi connectivity index (χ1) is 8.15. The van der Waals surface area contributed by atoms with Gasteiger partial charge in [-0.3, -0.25) is 0 Å². The summed E-state index contributed by atoms with van der Waals surface area (Å²) >= 11 is 3.50. The third-order valence-corrected chi connectivity index (χ3v) is 3.43. The van der Waals surface area contributed by atoms with E-state index in [0.29, 0.717) is 6.42 Å². The predicted molar refractivity (Wildman–Crippen MR) is 71.9 cm³/mol. The molecule has 0 atom stereocenters. The Kier molecular flexibility index (Phi) is 3.64. The third-order valence-electron chi connectivity index (χ3n) is 2.88. The molecule has 0 amide bonds. The van der Waals surface area contributed by atoms with E-state index in [0.717, 1.165) is 16.1 Å². The smallest absolute Gasteiger partial charge is 0.132 e. The zero-order valence-corrected chi connectivity index (χ0v) is 11.5. The standard InChI is InChI=1S/C13H15BrN2O/c1-9-5-3-4-6-10(9)12-13(14)15-11(7-8-17)16(12)2/h3-6,17H,7-8H2,1-2H3. The SMILES string of the molecule is Cc1ccccc1-c1c(Br)nc(CCO)n1C. The van der Waals surface area contributed by atoms with E-state index in [2.05, 4.69) is 40.0 Å². The Morgan fingerprint density at radius 1 is 1.35 bits per heavy atom. The fourth-order valence-electron chi connectivity index (χ4n) is 1.96. The summed E-state index contributed by atoms with van der Waals surface area (Å²) in [5.74, 6) is 0.887. The van der Waals surface area contributed by atoms with Crippen LogP contribution in [0.3, 0.4) is 0 Å². The van der Waals surface area contributed by atoms with Gasteiger partial charge in [0.25, 0.3) is 0 Å². The predicted octanol–water partition coefficient (Wildman–Crippen LogP) is 2.69. The molecule has 0 radical (unpaired) electrons. The summed E-state index contributed by atoms with van der Waals surface area (Å²) in [4.78, 5) is 4.44. The average Bonchev–Trinajstić information content (AvgIpc) is 2.57. The molecule has 0 aliphatic carbocycles. The first-order valence-corrected chi connectivity index (χ1v) is 6.32. The van der Waals surface area contributed by atoms with Gasteiger partial charge in [0.2, 0.25) is 0 Å². The summed E-state index contributed by atoms with van der Waals surface area (Å²) in [6, 6.07) is 8.21. The van der Waals surface area contributed by atoms with Crippen molar-refractivity contribution in [3.8, 4) is 11.3 Å². The summed E-state index contributed by atoms with van der Waals surface area (Å²) < 4.78 is 2.86. The Labute approximate surface area is 109 Å². The average molecular weight is 295 g/mol. The van der Waals surface area contributed by atoms with E-state index in [-0.39, 0.29) is 6.61 Å². The number of aryl methyl sites for hydroxylation is 1. The van der Waals surface area contributed by atoms with Crippen LogP contribution in [0, 0.1) is 6.92 Å². The van der Waals surface area contributed by atoms with Crippen LogP contribution in [0.2, 0.25) is 0 Å². The van der Waals surface area contributed by atoms with Crippen molar-refractivity contribution in [3.63, 3.8) is 0 Å². The zero-order chi connectivity index (χ0) is 12.4. The summed E-state index contributed by atoms with van der Waals surface area (Å²) in [5.41, 5.74) is 3.44. The highest BCUT2D eigenvalue weighted by Gasteiger charge is 2.15. The van der Waals surface area contributed by atoms with Crippen LogP contribution < -0.4 is 0 Å². The molecular weight excluding hydrogens is 280 g/mol. The highest BCUT2D eigenvalue weighted by Crippen LogP contribution is 2.30. The monoisotopic (exact) mass is 294 g/mol. The largest absolute Gasteiger partial charge is 0.396 e. The first-order valence-electron chi connectivity index (χ1n) is 5.53. The van der Waals surface area contributed by atoms with Crippen LogP contribution >= 0.6 is 15.9 Å². The Morgan fingerprint density at radius 2 is 2.06 bits per heavy atom. The van der Waals surface area contributed by atoms with Crippen molar-refractivity contribution in [1.82, 2.24) is 9.55 Å². The van der Waals surface area contributed by atoms with Crippen LogP contribution in [0.15, 0.2) is 28.9 Å². The minimum absolute atomic E-state index is 0.116. The maximum Gasteiger partial charge on any atom is 0.132 e. The van der Waals surface area contributed by atoms with Gasteiger partial charge in [0, 0.05) is 19.0 Å². The summed E-state index contributed by atoms with van der Waals surface area (Å²) in [7, 11) is 1.98. The van der Waals surface area contributed by atoms with E-state index >= 15 is 0 Å². The molecule has 0 unspecified atom stereocenters. The van der Waals surface area contributed by atoms with Crippen molar-refractivity contribution in [2.45, 2.75) is 13.3 Å². The molecule has 0 fully saturated rings. The minimum Gasteiger partial charge on any atom is -0.396 e. The second kappa shape index (κ2) is 5.02. The molecule has 90 valence electrons. The van der Waals surface area contributed by atoms with Gasteiger partial charge in [-0.1, -0.05) is 24.3 Å². The number of halogens is 1. The molecule has 0 aliphatic heterocycles. The Balaban J connectivity index is 2.56. The van der Waals surface area contributed by atoms with Crippen LogP contribution in [0.4, 0.5) is 0 Å². The molecule has 1 aromatic carbocycles. The number of rotatable bonds is 3. The topological polar surface area (TPSA) is 38.1 Å². The van der Waals surface area contributed by atoms with Crippen LogP contribution in [0.1, 0.15) is 11.4 Å². The van der Waals surface area contributed by atoms with Crippen molar-refractivity contribution in [3.05, 3.63) is 40.3 Å². The molecule has 2 aromatic rings. The number of hydrogen-bond donors (Lipinski definition) is 1. The van der Waals surface area contributed by atoms with Crippen molar-refractivity contribution in [2.24, 2.45) is 7.05 Å². The Hall–Kier alpha value is -1.13. The van der Waals surface area contributed by atoms with Crippen LogP contribution in [-0.2, 0) is 13.5 Å². The molecule has 0 bridgehead atoms. The van der Waals surface area contributed by atoms with Gasteiger partial charge in [-0.05, 0) is 28.4 Å².